The number of carboxylic acid groups (broad SMARTS) is 2. The van der Waals surface area contributed by atoms with Crippen molar-refractivity contribution in [3.63, 3.8) is 0 Å². The fourth-order valence-electron chi connectivity index (χ4n) is 3.23. The molecule has 0 saturated heterocycles. The molecule has 32 heavy (non-hydrogen) atoms. The first kappa shape index (κ1) is 22.8. The number of rotatable bonds is 7. The highest BCUT2D eigenvalue weighted by molar-refractivity contribution is 7.89. The monoisotopic (exact) mass is 453 g/mol. The molecule has 0 amide bonds. The minimum Gasteiger partial charge on any atom is -0.545 e. The number of nitrogens with zero attached hydrogens (tertiary/aromatic N) is 2. The third-order valence-corrected chi connectivity index (χ3v) is 6.06. The van der Waals surface area contributed by atoms with Crippen molar-refractivity contribution in [2.24, 2.45) is 5.10 Å². The van der Waals surface area contributed by atoms with Gasteiger partial charge in [-0.05, 0) is 68.3 Å². The fraction of sp³-hybridized carbons (Fsp3) is 0.136. The lowest BCUT2D eigenvalue weighted by Crippen LogP contribution is -2.26. The number of carboxylic acids is 2. The smallest absolute Gasteiger partial charge is 0.276 e. The summed E-state index contributed by atoms with van der Waals surface area (Å²) in [4.78, 5) is 24.8. The Morgan fingerprint density at radius 1 is 0.938 bits per heavy atom. The minimum atomic E-state index is -3.84. The number of carbonyl (C=O) groups is 2. The fourth-order valence-corrected chi connectivity index (χ4v) is 4.02. The highest BCUT2D eigenvalue weighted by Gasteiger charge is 2.14. The summed E-state index contributed by atoms with van der Waals surface area (Å²) >= 11 is 0. The summed E-state index contributed by atoms with van der Waals surface area (Å²) in [5.41, 5.74) is 2.35. The van der Waals surface area contributed by atoms with E-state index >= 15 is 0 Å². The third-order valence-electron chi connectivity index (χ3n) is 4.83. The summed E-state index contributed by atoms with van der Waals surface area (Å²) in [5.74, 6) is -3.05. The predicted molar refractivity (Wildman–Crippen MR) is 113 cm³/mol. The van der Waals surface area contributed by atoms with Gasteiger partial charge in [-0.1, -0.05) is 17.7 Å². The zero-order valence-electron chi connectivity index (χ0n) is 17.4. The van der Waals surface area contributed by atoms with Crippen LogP contribution < -0.4 is 15.0 Å². The summed E-state index contributed by atoms with van der Waals surface area (Å²) in [6, 6.07) is 11.5. The topological polar surface area (TPSA) is 144 Å². The van der Waals surface area contributed by atoms with Crippen molar-refractivity contribution >= 4 is 28.2 Å². The molecule has 0 bridgehead atoms. The molecular weight excluding hydrogens is 434 g/mol. The second kappa shape index (κ2) is 8.67. The molecule has 3 aromatic rings. The van der Waals surface area contributed by atoms with Crippen LogP contribution in [-0.2, 0) is 10.0 Å². The summed E-state index contributed by atoms with van der Waals surface area (Å²) in [5, 5.41) is 26.4. The molecule has 1 aromatic heterocycles. The molecule has 10 heteroatoms. The Hall–Kier alpha value is -3.92. The summed E-state index contributed by atoms with van der Waals surface area (Å²) in [6.07, 6.45) is 1.31. The summed E-state index contributed by atoms with van der Waals surface area (Å²) < 4.78 is 26.3. The normalized spacial score (nSPS) is 11.6. The first-order chi connectivity index (χ1) is 15.0. The average molecular weight is 453 g/mol. The maximum atomic E-state index is 12.4. The van der Waals surface area contributed by atoms with Gasteiger partial charge in [-0.3, -0.25) is 0 Å². The first-order valence-electron chi connectivity index (χ1n) is 9.38. The van der Waals surface area contributed by atoms with Crippen LogP contribution in [0.4, 0.5) is 0 Å². The van der Waals surface area contributed by atoms with Crippen LogP contribution in [0.5, 0.6) is 0 Å². The Labute approximate surface area is 184 Å². The largest absolute Gasteiger partial charge is 0.545 e. The van der Waals surface area contributed by atoms with E-state index in [1.165, 1.54) is 30.5 Å². The van der Waals surface area contributed by atoms with Gasteiger partial charge in [0.15, 0.2) is 0 Å². The molecule has 1 heterocycles. The Balaban J connectivity index is 1.94. The van der Waals surface area contributed by atoms with Crippen LogP contribution in [0.3, 0.4) is 0 Å². The van der Waals surface area contributed by atoms with Crippen LogP contribution in [0, 0.1) is 20.8 Å². The lowest BCUT2D eigenvalue weighted by Gasteiger charge is -2.15. The predicted octanol–water partition coefficient (Wildman–Crippen LogP) is 0.442. The van der Waals surface area contributed by atoms with Gasteiger partial charge in [-0.15, -0.1) is 0 Å². The number of nitrogens with one attached hydrogen (secondary N) is 1. The maximum Gasteiger partial charge on any atom is 0.276 e. The van der Waals surface area contributed by atoms with Crippen LogP contribution >= 0.6 is 0 Å². The number of sulfonamides is 1. The molecular formula is C22H19N3O6S-2. The minimum absolute atomic E-state index is 0.0691. The lowest BCUT2D eigenvalue weighted by atomic mass is 10.1. The molecule has 0 saturated carbocycles. The van der Waals surface area contributed by atoms with E-state index in [0.29, 0.717) is 17.0 Å². The van der Waals surface area contributed by atoms with Gasteiger partial charge in [0.05, 0.1) is 23.0 Å². The second-order valence-corrected chi connectivity index (χ2v) is 8.83. The molecule has 0 fully saturated rings. The summed E-state index contributed by atoms with van der Waals surface area (Å²) in [6.45, 7) is 5.27. The lowest BCUT2D eigenvalue weighted by molar-refractivity contribution is -0.255. The highest BCUT2D eigenvalue weighted by atomic mass is 32.2. The molecule has 0 radical (unpaired) electrons. The van der Waals surface area contributed by atoms with Crippen LogP contribution in [0.15, 0.2) is 58.5 Å². The quantitative estimate of drug-likeness (QED) is 0.406. The van der Waals surface area contributed by atoms with Gasteiger partial charge < -0.3 is 24.4 Å². The number of benzene rings is 2. The maximum absolute atomic E-state index is 12.4. The van der Waals surface area contributed by atoms with Crippen molar-refractivity contribution in [2.75, 3.05) is 0 Å². The van der Waals surface area contributed by atoms with Crippen LogP contribution in [0.2, 0.25) is 0 Å². The zero-order chi connectivity index (χ0) is 23.6. The first-order valence-corrected chi connectivity index (χ1v) is 10.9. The van der Waals surface area contributed by atoms with E-state index in [1.54, 1.807) is 36.6 Å². The number of hydrogen-bond donors (Lipinski definition) is 1. The van der Waals surface area contributed by atoms with Crippen molar-refractivity contribution in [1.29, 1.82) is 0 Å². The molecule has 0 aliphatic carbocycles. The van der Waals surface area contributed by atoms with Gasteiger partial charge in [0.1, 0.15) is 0 Å². The molecule has 2 aromatic carbocycles. The van der Waals surface area contributed by atoms with Crippen LogP contribution in [-0.4, -0.2) is 31.1 Å². The average Bonchev–Trinajstić information content (AvgIpc) is 3.01. The highest BCUT2D eigenvalue weighted by Crippen LogP contribution is 2.22. The summed E-state index contributed by atoms with van der Waals surface area (Å²) in [7, 11) is -3.84. The van der Waals surface area contributed by atoms with Crippen LogP contribution in [0.25, 0.3) is 5.69 Å². The SMILES string of the molecule is Cc1ccc(S(=O)(=O)N/N=C\c2cc(C)n(-c3cc(C(=O)[O-])cc(C(=O)[O-])c3)c2C)cc1. The third kappa shape index (κ3) is 4.70. The molecule has 9 nitrogen and oxygen atoms in total. The Morgan fingerprint density at radius 3 is 2.03 bits per heavy atom. The van der Waals surface area contributed by atoms with Gasteiger partial charge in [0, 0.05) is 22.6 Å². The van der Waals surface area contributed by atoms with Crippen LogP contribution in [0.1, 0.15) is 43.2 Å². The van der Waals surface area contributed by atoms with E-state index in [-0.39, 0.29) is 21.7 Å². The Bertz CT molecular complexity index is 1310. The van der Waals surface area contributed by atoms with Gasteiger partial charge in [0.25, 0.3) is 10.0 Å². The molecule has 0 atom stereocenters. The van der Waals surface area contributed by atoms with Gasteiger partial charge in [-0.25, -0.2) is 4.83 Å². The Morgan fingerprint density at radius 2 is 1.50 bits per heavy atom. The Kier molecular flexibility index (Phi) is 6.17. The standard InChI is InChI=1S/C22H21N3O6S/c1-13-4-6-20(7-5-13)32(30,31)24-23-12-18-8-14(2)25(15(18)3)19-10-16(21(26)27)9-17(11-19)22(28)29/h4-12,24H,1-3H3,(H,26,27)(H,28,29)/p-2/b23-12-. The van der Waals surface area contributed by atoms with Crippen molar-refractivity contribution in [3.05, 3.63) is 82.2 Å². The van der Waals surface area contributed by atoms with Crippen molar-refractivity contribution in [1.82, 2.24) is 9.40 Å². The number of aryl methyl sites for hydroxylation is 2. The number of hydrazone groups is 1. The number of carbonyl (C=O) groups excluding carboxylic acids is 2. The van der Waals surface area contributed by atoms with E-state index in [1.807, 2.05) is 6.92 Å². The molecule has 3 rings (SSSR count). The van der Waals surface area contributed by atoms with Gasteiger partial charge >= 0.3 is 0 Å². The molecule has 0 aliphatic heterocycles. The van der Waals surface area contributed by atoms with E-state index in [9.17, 15) is 28.2 Å². The van der Waals surface area contributed by atoms with Gasteiger partial charge in [0.2, 0.25) is 0 Å². The number of hydrogen-bond acceptors (Lipinski definition) is 7. The van der Waals surface area contributed by atoms with Crippen molar-refractivity contribution in [2.45, 2.75) is 25.7 Å². The van der Waals surface area contributed by atoms with Crippen molar-refractivity contribution in [3.8, 4) is 5.69 Å². The number of aromatic nitrogens is 1. The van der Waals surface area contributed by atoms with E-state index < -0.39 is 22.0 Å². The molecule has 0 spiro atoms. The van der Waals surface area contributed by atoms with E-state index in [2.05, 4.69) is 9.93 Å². The zero-order valence-corrected chi connectivity index (χ0v) is 18.3. The second-order valence-electron chi connectivity index (χ2n) is 7.17. The number of aromatic carboxylic acids is 2. The van der Waals surface area contributed by atoms with Crippen molar-refractivity contribution < 1.29 is 28.2 Å². The molecule has 1 N–H and O–H groups in total. The van der Waals surface area contributed by atoms with E-state index in [0.717, 1.165) is 11.6 Å². The molecule has 0 aliphatic rings. The molecule has 166 valence electrons. The molecule has 0 unspecified atom stereocenters. The van der Waals surface area contributed by atoms with E-state index in [4.69, 9.17) is 0 Å². The van der Waals surface area contributed by atoms with Gasteiger partial charge in [-0.2, -0.15) is 13.5 Å².